The molecule has 0 aliphatic heterocycles. The van der Waals surface area contributed by atoms with Crippen LogP contribution in [0.4, 0.5) is 0 Å². The lowest BCUT2D eigenvalue weighted by atomic mass is 9.96. The van der Waals surface area contributed by atoms with Gasteiger partial charge in [0.05, 0.1) is 12.8 Å². The quantitative estimate of drug-likeness (QED) is 0.930. The van der Waals surface area contributed by atoms with Crippen LogP contribution in [0.1, 0.15) is 49.9 Å². The molecule has 0 radical (unpaired) electrons. The number of H-pyrrole nitrogens is 1. The third-order valence-corrected chi connectivity index (χ3v) is 2.98. The largest absolute Gasteiger partial charge is 0.467 e. The van der Waals surface area contributed by atoms with Crippen molar-refractivity contribution in [3.8, 4) is 0 Å². The first kappa shape index (κ1) is 14.3. The summed E-state index contributed by atoms with van der Waals surface area (Å²) in [6.45, 7) is 8.95. The molecule has 0 aliphatic rings. The maximum atomic E-state index is 12.4. The van der Waals surface area contributed by atoms with Gasteiger partial charge in [-0.15, -0.1) is 5.10 Å². The lowest BCUT2D eigenvalue weighted by Gasteiger charge is -2.17. The number of amides is 1. The molecule has 0 spiro atoms. The Kier molecular flexibility index (Phi) is 3.92. The molecular formula is C14H20N4O2. The third kappa shape index (κ3) is 3.07. The van der Waals surface area contributed by atoms with Crippen molar-refractivity contribution in [2.24, 2.45) is 0 Å². The molecule has 6 heteroatoms. The van der Waals surface area contributed by atoms with Crippen molar-refractivity contribution in [2.75, 3.05) is 6.54 Å². The molecule has 6 nitrogen and oxygen atoms in total. The number of carbonyl (C=O) groups is 1. The van der Waals surface area contributed by atoms with Crippen LogP contribution in [0.25, 0.3) is 0 Å². The Balaban J connectivity index is 2.14. The Morgan fingerprint density at radius 2 is 2.20 bits per heavy atom. The Labute approximate surface area is 118 Å². The summed E-state index contributed by atoms with van der Waals surface area (Å²) in [5.41, 5.74) is -0.163. The van der Waals surface area contributed by atoms with Crippen molar-refractivity contribution < 1.29 is 9.21 Å². The topological polar surface area (TPSA) is 75.0 Å². The molecule has 2 rings (SSSR count). The molecule has 108 valence electrons. The Bertz CT molecular complexity index is 566. The van der Waals surface area contributed by atoms with Gasteiger partial charge >= 0.3 is 0 Å². The van der Waals surface area contributed by atoms with Crippen LogP contribution in [0.3, 0.4) is 0 Å². The minimum Gasteiger partial charge on any atom is -0.467 e. The zero-order chi connectivity index (χ0) is 14.8. The van der Waals surface area contributed by atoms with Gasteiger partial charge in [-0.25, -0.2) is 4.98 Å². The number of carbonyl (C=O) groups excluding carboxylic acids is 1. The van der Waals surface area contributed by atoms with Crippen molar-refractivity contribution in [1.29, 1.82) is 0 Å². The number of hydrogen-bond acceptors (Lipinski definition) is 4. The molecule has 0 bridgehead atoms. The van der Waals surface area contributed by atoms with Crippen LogP contribution in [0.2, 0.25) is 0 Å². The number of nitrogens with zero attached hydrogens (tertiary/aromatic N) is 3. The van der Waals surface area contributed by atoms with Gasteiger partial charge in [0, 0.05) is 12.0 Å². The van der Waals surface area contributed by atoms with E-state index in [0.29, 0.717) is 18.9 Å². The second-order valence-electron chi connectivity index (χ2n) is 5.66. The van der Waals surface area contributed by atoms with Gasteiger partial charge in [-0.2, -0.15) is 0 Å². The van der Waals surface area contributed by atoms with Crippen LogP contribution in [0.15, 0.2) is 22.8 Å². The molecule has 0 atom stereocenters. The van der Waals surface area contributed by atoms with Crippen LogP contribution < -0.4 is 0 Å². The van der Waals surface area contributed by atoms with Gasteiger partial charge in [0.2, 0.25) is 5.82 Å². The highest BCUT2D eigenvalue weighted by molar-refractivity contribution is 5.90. The maximum Gasteiger partial charge on any atom is 0.293 e. The summed E-state index contributed by atoms with van der Waals surface area (Å²) in [5.74, 6) is 1.45. The molecule has 0 fully saturated rings. The molecule has 1 amide bonds. The molecule has 2 aromatic rings. The van der Waals surface area contributed by atoms with E-state index in [-0.39, 0.29) is 17.1 Å². The lowest BCUT2D eigenvalue weighted by molar-refractivity contribution is 0.0729. The number of aromatic nitrogens is 3. The number of hydrogen-bond donors (Lipinski definition) is 1. The summed E-state index contributed by atoms with van der Waals surface area (Å²) in [6, 6.07) is 3.65. The average Bonchev–Trinajstić information content (AvgIpc) is 3.05. The predicted molar refractivity (Wildman–Crippen MR) is 74.2 cm³/mol. The molecule has 20 heavy (non-hydrogen) atoms. The summed E-state index contributed by atoms with van der Waals surface area (Å²) in [5, 5.41) is 6.86. The highest BCUT2D eigenvalue weighted by Crippen LogP contribution is 2.18. The second kappa shape index (κ2) is 5.48. The van der Waals surface area contributed by atoms with E-state index in [1.54, 1.807) is 17.2 Å². The van der Waals surface area contributed by atoms with Crippen molar-refractivity contribution in [3.63, 3.8) is 0 Å². The van der Waals surface area contributed by atoms with Gasteiger partial charge in [0.1, 0.15) is 11.6 Å². The number of furan rings is 1. The predicted octanol–water partition coefficient (Wildman–Crippen LogP) is 2.36. The normalized spacial score (nSPS) is 11.6. The summed E-state index contributed by atoms with van der Waals surface area (Å²) < 4.78 is 5.27. The van der Waals surface area contributed by atoms with E-state index in [4.69, 9.17) is 4.42 Å². The number of rotatable bonds is 4. The van der Waals surface area contributed by atoms with Crippen LogP contribution >= 0.6 is 0 Å². The lowest BCUT2D eigenvalue weighted by Crippen LogP contribution is -2.31. The van der Waals surface area contributed by atoms with Gasteiger partial charge in [-0.05, 0) is 19.1 Å². The number of aromatic amines is 1. The fourth-order valence-electron chi connectivity index (χ4n) is 1.75. The van der Waals surface area contributed by atoms with E-state index in [9.17, 15) is 4.79 Å². The van der Waals surface area contributed by atoms with Crippen molar-refractivity contribution in [1.82, 2.24) is 20.1 Å². The highest BCUT2D eigenvalue weighted by atomic mass is 16.3. The smallest absolute Gasteiger partial charge is 0.293 e. The first-order valence-electron chi connectivity index (χ1n) is 6.66. The summed E-state index contributed by atoms with van der Waals surface area (Å²) in [7, 11) is 0. The van der Waals surface area contributed by atoms with Crippen LogP contribution in [0.5, 0.6) is 0 Å². The van der Waals surface area contributed by atoms with Crippen molar-refractivity contribution >= 4 is 5.91 Å². The minimum absolute atomic E-state index is 0.163. The molecule has 0 aromatic carbocycles. The van der Waals surface area contributed by atoms with Crippen LogP contribution in [-0.2, 0) is 12.0 Å². The van der Waals surface area contributed by atoms with Crippen molar-refractivity contribution in [2.45, 2.75) is 39.7 Å². The monoisotopic (exact) mass is 276 g/mol. The van der Waals surface area contributed by atoms with E-state index in [2.05, 4.69) is 15.2 Å². The molecule has 0 saturated carbocycles. The summed E-state index contributed by atoms with van der Waals surface area (Å²) >= 11 is 0. The standard InChI is InChI=1S/C14H20N4O2/c1-5-18(9-10-7-6-8-20-10)12(19)11-15-13(17-16-11)14(2,3)4/h6-8H,5,9H2,1-4H3,(H,15,16,17). The van der Waals surface area contributed by atoms with Gasteiger partial charge in [-0.1, -0.05) is 20.8 Å². The zero-order valence-corrected chi connectivity index (χ0v) is 12.3. The average molecular weight is 276 g/mol. The molecule has 0 aliphatic carbocycles. The SMILES string of the molecule is CCN(Cc1ccco1)C(=O)c1n[nH]c(C(C)(C)C)n1. The van der Waals surface area contributed by atoms with Gasteiger partial charge < -0.3 is 9.32 Å². The fraction of sp³-hybridized carbons (Fsp3) is 0.500. The zero-order valence-electron chi connectivity index (χ0n) is 12.3. The Morgan fingerprint density at radius 3 is 2.70 bits per heavy atom. The van der Waals surface area contributed by atoms with Crippen molar-refractivity contribution in [3.05, 3.63) is 35.8 Å². The third-order valence-electron chi connectivity index (χ3n) is 2.98. The first-order valence-corrected chi connectivity index (χ1v) is 6.66. The maximum absolute atomic E-state index is 12.4. The summed E-state index contributed by atoms with van der Waals surface area (Å²) in [4.78, 5) is 18.3. The van der Waals surface area contributed by atoms with E-state index in [1.165, 1.54) is 0 Å². The van der Waals surface area contributed by atoms with E-state index < -0.39 is 0 Å². The molecule has 2 heterocycles. The minimum atomic E-state index is -0.198. The Hall–Kier alpha value is -2.11. The highest BCUT2D eigenvalue weighted by Gasteiger charge is 2.24. The summed E-state index contributed by atoms with van der Waals surface area (Å²) in [6.07, 6.45) is 1.60. The molecular weight excluding hydrogens is 256 g/mol. The van der Waals surface area contributed by atoms with Gasteiger partial charge in [-0.3, -0.25) is 9.89 Å². The molecule has 0 saturated heterocycles. The van der Waals surface area contributed by atoms with Crippen LogP contribution in [0, 0.1) is 0 Å². The van der Waals surface area contributed by atoms with Crippen LogP contribution in [-0.4, -0.2) is 32.5 Å². The fourth-order valence-corrected chi connectivity index (χ4v) is 1.75. The number of nitrogens with one attached hydrogen (secondary N) is 1. The Morgan fingerprint density at radius 1 is 1.45 bits per heavy atom. The second-order valence-corrected chi connectivity index (χ2v) is 5.66. The van der Waals surface area contributed by atoms with Gasteiger partial charge in [0.15, 0.2) is 0 Å². The van der Waals surface area contributed by atoms with Gasteiger partial charge in [0.25, 0.3) is 5.91 Å². The van der Waals surface area contributed by atoms with E-state index >= 15 is 0 Å². The molecule has 2 aromatic heterocycles. The van der Waals surface area contributed by atoms with E-state index in [0.717, 1.165) is 5.76 Å². The molecule has 1 N–H and O–H groups in total. The van der Waals surface area contributed by atoms with E-state index in [1.807, 2.05) is 33.8 Å². The first-order chi connectivity index (χ1) is 9.41. The molecule has 0 unspecified atom stereocenters.